The first-order valence-corrected chi connectivity index (χ1v) is 5.13. The van der Waals surface area contributed by atoms with Crippen LogP contribution in [0.3, 0.4) is 0 Å². The Bertz CT molecular complexity index is 477. The Morgan fingerprint density at radius 2 is 1.40 bits per heavy atom. The van der Waals surface area contributed by atoms with Gasteiger partial charge in [0.1, 0.15) is 0 Å². The van der Waals surface area contributed by atoms with Crippen LogP contribution in [0.1, 0.15) is 16.8 Å². The lowest BCUT2D eigenvalue weighted by atomic mass is 9.92. The van der Waals surface area contributed by atoms with Crippen molar-refractivity contribution in [3.8, 4) is 0 Å². The molecule has 3 nitrogen and oxygen atoms in total. The first-order chi connectivity index (χ1) is 8.88. The van der Waals surface area contributed by atoms with E-state index in [-0.39, 0.29) is 5.69 Å². The molecule has 0 spiro atoms. The van der Waals surface area contributed by atoms with Crippen LogP contribution in [-0.4, -0.2) is 28.8 Å². The first kappa shape index (κ1) is 16.3. The summed E-state index contributed by atoms with van der Waals surface area (Å²) in [5.74, 6) is -1.50. The molecule has 0 amide bonds. The molecule has 0 aromatic heterocycles. The molecule has 1 aromatic rings. The van der Waals surface area contributed by atoms with Crippen LogP contribution in [-0.2, 0) is 0 Å². The number of carbonyl (C=O) groups excluding carboxylic acids is 1. The van der Waals surface area contributed by atoms with Gasteiger partial charge in [0.2, 0.25) is 0 Å². The molecule has 0 saturated carbocycles. The minimum Gasteiger partial charge on any atom is -0.399 e. The molecule has 0 aliphatic carbocycles. The van der Waals surface area contributed by atoms with Crippen molar-refractivity contribution in [1.82, 2.24) is 0 Å². The highest BCUT2D eigenvalue weighted by Crippen LogP contribution is 2.45. The topological polar surface area (TPSA) is 63.3 Å². The van der Waals surface area contributed by atoms with Crippen LogP contribution in [0.25, 0.3) is 0 Å². The van der Waals surface area contributed by atoms with E-state index in [1.807, 2.05) is 0 Å². The van der Waals surface area contributed by atoms with Crippen molar-refractivity contribution >= 4 is 11.5 Å². The van der Waals surface area contributed by atoms with Crippen molar-refractivity contribution in [1.29, 1.82) is 0 Å². The van der Waals surface area contributed by atoms with Gasteiger partial charge < -0.3 is 10.8 Å². The van der Waals surface area contributed by atoms with E-state index in [1.54, 1.807) is 0 Å². The van der Waals surface area contributed by atoms with Crippen LogP contribution in [0.15, 0.2) is 24.3 Å². The summed E-state index contributed by atoms with van der Waals surface area (Å²) < 4.78 is 74.4. The van der Waals surface area contributed by atoms with Crippen molar-refractivity contribution in [3.05, 3.63) is 29.8 Å². The molecule has 0 radical (unpaired) electrons. The minimum atomic E-state index is -6.02. The van der Waals surface area contributed by atoms with Gasteiger partial charge in [-0.2, -0.15) is 26.3 Å². The number of anilines is 1. The number of rotatable bonds is 3. The molecule has 9 heteroatoms. The SMILES string of the molecule is Nc1ccc(C(=O)CC(O)(C(F)(F)F)C(F)(F)F)cc1. The zero-order valence-electron chi connectivity index (χ0n) is 9.72. The third-order valence-electron chi connectivity index (χ3n) is 2.59. The van der Waals surface area contributed by atoms with E-state index < -0.39 is 35.7 Å². The summed E-state index contributed by atoms with van der Waals surface area (Å²) in [7, 11) is 0. The molecule has 0 aliphatic heterocycles. The molecule has 0 bridgehead atoms. The fourth-order valence-electron chi connectivity index (χ4n) is 1.36. The van der Waals surface area contributed by atoms with E-state index >= 15 is 0 Å². The summed E-state index contributed by atoms with van der Waals surface area (Å²) in [6.07, 6.45) is -14.2. The second-order valence-corrected chi connectivity index (χ2v) is 4.08. The monoisotopic (exact) mass is 301 g/mol. The zero-order chi connectivity index (χ0) is 15.8. The number of nitrogens with two attached hydrogens (primary N) is 1. The van der Waals surface area contributed by atoms with Crippen LogP contribution >= 0.6 is 0 Å². The van der Waals surface area contributed by atoms with Gasteiger partial charge in [-0.15, -0.1) is 0 Å². The molecule has 1 rings (SSSR count). The van der Waals surface area contributed by atoms with Gasteiger partial charge in [0.05, 0.1) is 6.42 Å². The average molecular weight is 301 g/mol. The minimum absolute atomic E-state index is 0.184. The maximum absolute atomic E-state index is 12.4. The highest BCUT2D eigenvalue weighted by atomic mass is 19.4. The third-order valence-corrected chi connectivity index (χ3v) is 2.59. The molecule has 3 N–H and O–H groups in total. The van der Waals surface area contributed by atoms with Gasteiger partial charge in [0.25, 0.3) is 5.60 Å². The number of ketones is 1. The number of carbonyl (C=O) groups is 1. The van der Waals surface area contributed by atoms with Crippen molar-refractivity contribution in [3.63, 3.8) is 0 Å². The average Bonchev–Trinajstić information content (AvgIpc) is 2.26. The number of benzene rings is 1. The van der Waals surface area contributed by atoms with E-state index in [1.165, 1.54) is 0 Å². The zero-order valence-corrected chi connectivity index (χ0v) is 9.72. The van der Waals surface area contributed by atoms with Gasteiger partial charge in [-0.05, 0) is 24.3 Å². The quantitative estimate of drug-likeness (QED) is 0.512. The lowest BCUT2D eigenvalue weighted by Gasteiger charge is -2.31. The largest absolute Gasteiger partial charge is 0.426 e. The van der Waals surface area contributed by atoms with E-state index in [4.69, 9.17) is 10.8 Å². The second kappa shape index (κ2) is 4.97. The van der Waals surface area contributed by atoms with Crippen LogP contribution in [0, 0.1) is 0 Å². The molecule has 0 aliphatic rings. The predicted molar refractivity (Wildman–Crippen MR) is 56.9 cm³/mol. The summed E-state index contributed by atoms with van der Waals surface area (Å²) in [4.78, 5) is 11.5. The van der Waals surface area contributed by atoms with Crippen LogP contribution < -0.4 is 5.73 Å². The van der Waals surface area contributed by atoms with Gasteiger partial charge in [-0.3, -0.25) is 4.79 Å². The Labute approximate surface area is 109 Å². The Morgan fingerprint density at radius 3 is 1.75 bits per heavy atom. The third kappa shape index (κ3) is 3.03. The van der Waals surface area contributed by atoms with Crippen molar-refractivity contribution in [2.45, 2.75) is 24.4 Å². The van der Waals surface area contributed by atoms with Crippen molar-refractivity contribution in [2.24, 2.45) is 0 Å². The highest BCUT2D eigenvalue weighted by molar-refractivity contribution is 5.97. The fraction of sp³-hybridized carbons (Fsp3) is 0.364. The van der Waals surface area contributed by atoms with E-state index in [0.717, 1.165) is 24.3 Å². The number of Topliss-reactive ketones (excluding diaryl/α,β-unsaturated/α-hetero) is 1. The van der Waals surface area contributed by atoms with E-state index in [0.29, 0.717) is 0 Å². The molecular formula is C11H9F6NO2. The fourth-order valence-corrected chi connectivity index (χ4v) is 1.36. The van der Waals surface area contributed by atoms with Crippen LogP contribution in [0.5, 0.6) is 0 Å². The molecule has 0 heterocycles. The molecule has 20 heavy (non-hydrogen) atoms. The van der Waals surface area contributed by atoms with Crippen molar-refractivity contribution in [2.75, 3.05) is 5.73 Å². The van der Waals surface area contributed by atoms with Gasteiger partial charge in [-0.1, -0.05) is 0 Å². The number of aliphatic hydroxyl groups is 1. The predicted octanol–water partition coefficient (Wildman–Crippen LogP) is 2.70. The molecule has 0 unspecified atom stereocenters. The van der Waals surface area contributed by atoms with Gasteiger partial charge in [-0.25, -0.2) is 0 Å². The summed E-state index contributed by atoms with van der Waals surface area (Å²) in [6.45, 7) is 0. The Hall–Kier alpha value is -1.77. The van der Waals surface area contributed by atoms with Crippen molar-refractivity contribution < 1.29 is 36.2 Å². The molecule has 1 aromatic carbocycles. The molecule has 0 fully saturated rings. The standard InChI is InChI=1S/C11H9F6NO2/c12-10(13,14)9(20,11(15,16)17)5-8(19)6-1-3-7(18)4-2-6/h1-4,20H,5,18H2. The maximum Gasteiger partial charge on any atom is 0.426 e. The summed E-state index contributed by atoms with van der Waals surface area (Å²) in [6, 6.07) is 4.25. The number of hydrogen-bond acceptors (Lipinski definition) is 3. The summed E-state index contributed by atoms with van der Waals surface area (Å²) >= 11 is 0. The lowest BCUT2D eigenvalue weighted by Crippen LogP contribution is -2.57. The van der Waals surface area contributed by atoms with Crippen LogP contribution in [0.2, 0.25) is 0 Å². The van der Waals surface area contributed by atoms with Crippen LogP contribution in [0.4, 0.5) is 32.0 Å². The Balaban J connectivity index is 3.09. The number of nitrogen functional groups attached to an aromatic ring is 1. The number of alkyl halides is 6. The number of halogens is 6. The second-order valence-electron chi connectivity index (χ2n) is 4.08. The number of hydrogen-bond donors (Lipinski definition) is 2. The molecular weight excluding hydrogens is 292 g/mol. The van der Waals surface area contributed by atoms with E-state index in [9.17, 15) is 31.1 Å². The molecule has 112 valence electrons. The summed E-state index contributed by atoms with van der Waals surface area (Å²) in [5, 5.41) is 8.88. The van der Waals surface area contributed by atoms with Gasteiger partial charge in [0.15, 0.2) is 5.78 Å². The summed E-state index contributed by atoms with van der Waals surface area (Å²) in [5.41, 5.74) is -0.0402. The molecule has 0 saturated heterocycles. The smallest absolute Gasteiger partial charge is 0.399 e. The first-order valence-electron chi connectivity index (χ1n) is 5.13. The Kier molecular flexibility index (Phi) is 4.04. The van der Waals surface area contributed by atoms with Gasteiger partial charge >= 0.3 is 12.4 Å². The Morgan fingerprint density at radius 1 is 1.00 bits per heavy atom. The normalized spacial score (nSPS) is 13.3. The van der Waals surface area contributed by atoms with Gasteiger partial charge in [0, 0.05) is 11.3 Å². The van der Waals surface area contributed by atoms with E-state index in [2.05, 4.69) is 0 Å². The highest BCUT2D eigenvalue weighted by Gasteiger charge is 2.70. The maximum atomic E-state index is 12.4. The molecule has 0 atom stereocenters. The lowest BCUT2D eigenvalue weighted by molar-refractivity contribution is -0.365.